The molecular formula is C30H20S. The van der Waals surface area contributed by atoms with Crippen molar-refractivity contribution in [3.63, 3.8) is 0 Å². The number of hydrogen-bond donors (Lipinski definition) is 0. The standard InChI is InChI=1S/C30H20S/c1-2-12-22(13-3-1)29-27-18-8-9-19-28(27)30(31-29)26-17-7-6-16-25(26)24-20-10-14-21-11-4-5-15-23(21)24/h1-8,11-18H,9,19H2. The van der Waals surface area contributed by atoms with Crippen LogP contribution in [0.2, 0.25) is 0 Å². The molecule has 4 aromatic carbocycles. The van der Waals surface area contributed by atoms with E-state index >= 15 is 0 Å². The summed E-state index contributed by atoms with van der Waals surface area (Å²) in [5, 5.41) is 2.43. The fourth-order valence-electron chi connectivity index (χ4n) is 4.57. The van der Waals surface area contributed by atoms with Crippen molar-refractivity contribution in [1.82, 2.24) is 0 Å². The van der Waals surface area contributed by atoms with Gasteiger partial charge >= 0.3 is 0 Å². The van der Waals surface area contributed by atoms with Crippen LogP contribution in [0.4, 0.5) is 0 Å². The van der Waals surface area contributed by atoms with Gasteiger partial charge in [-0.15, -0.1) is 11.3 Å². The minimum atomic E-state index is 1.09. The number of rotatable bonds is 3. The largest absolute Gasteiger partial charge is 0.134 e. The molecule has 1 aliphatic rings. The first-order valence-corrected chi connectivity index (χ1v) is 11.5. The van der Waals surface area contributed by atoms with Gasteiger partial charge in [-0.05, 0) is 51.9 Å². The first-order chi connectivity index (χ1) is 15.4. The molecule has 146 valence electrons. The Kier molecular flexibility index (Phi) is 4.45. The van der Waals surface area contributed by atoms with Gasteiger partial charge in [0, 0.05) is 20.9 Å². The minimum absolute atomic E-state index is 1.09. The fraction of sp³-hybridized carbons (Fsp3) is 0.0667. The van der Waals surface area contributed by atoms with Crippen LogP contribution in [-0.4, -0.2) is 0 Å². The van der Waals surface area contributed by atoms with E-state index in [0.717, 1.165) is 18.4 Å². The number of benzene rings is 3. The van der Waals surface area contributed by atoms with Crippen LogP contribution in [0.5, 0.6) is 0 Å². The van der Waals surface area contributed by atoms with Gasteiger partial charge in [0.15, 0.2) is 0 Å². The summed E-state index contributed by atoms with van der Waals surface area (Å²) in [5.74, 6) is 0. The molecule has 0 nitrogen and oxygen atoms in total. The second kappa shape index (κ2) is 7.58. The van der Waals surface area contributed by atoms with Crippen LogP contribution in [0.3, 0.4) is 0 Å². The number of thiophene rings is 1. The summed E-state index contributed by atoms with van der Waals surface area (Å²) in [6.45, 7) is 0. The van der Waals surface area contributed by atoms with Crippen LogP contribution < -0.4 is 0 Å². The van der Waals surface area contributed by atoms with Crippen LogP contribution >= 0.6 is 11.3 Å². The summed E-state index contributed by atoms with van der Waals surface area (Å²) >= 11 is 1.92. The third kappa shape index (κ3) is 3.08. The highest BCUT2D eigenvalue weighted by Gasteiger charge is 2.22. The maximum Gasteiger partial charge on any atom is 0.0424 e. The van der Waals surface area contributed by atoms with Gasteiger partial charge in [-0.2, -0.15) is 0 Å². The molecule has 0 unspecified atom stereocenters. The van der Waals surface area contributed by atoms with Crippen LogP contribution in [-0.2, 0) is 6.42 Å². The van der Waals surface area contributed by atoms with E-state index in [4.69, 9.17) is 0 Å². The van der Waals surface area contributed by atoms with Crippen molar-refractivity contribution in [1.29, 1.82) is 0 Å². The quantitative estimate of drug-likeness (QED) is 0.279. The van der Waals surface area contributed by atoms with Gasteiger partial charge in [0.25, 0.3) is 0 Å². The number of allylic oxidation sites excluding steroid dienone is 1. The van der Waals surface area contributed by atoms with Gasteiger partial charge in [-0.25, -0.2) is 0 Å². The van der Waals surface area contributed by atoms with Crippen molar-refractivity contribution in [3.05, 3.63) is 114 Å². The molecular weight excluding hydrogens is 392 g/mol. The third-order valence-electron chi connectivity index (χ3n) is 6.03. The highest BCUT2D eigenvalue weighted by molar-refractivity contribution is 7.19. The summed E-state index contributed by atoms with van der Waals surface area (Å²) in [7, 11) is 0. The molecule has 0 spiro atoms. The molecule has 0 atom stereocenters. The van der Waals surface area contributed by atoms with E-state index in [1.54, 1.807) is 0 Å². The summed E-state index contributed by atoms with van der Waals surface area (Å²) in [6.07, 6.45) is 6.82. The van der Waals surface area contributed by atoms with Gasteiger partial charge in [0.1, 0.15) is 0 Å². The van der Waals surface area contributed by atoms with E-state index in [1.165, 1.54) is 48.3 Å². The lowest BCUT2D eigenvalue weighted by Crippen LogP contribution is -1.94. The van der Waals surface area contributed by atoms with Gasteiger partial charge in [-0.3, -0.25) is 0 Å². The van der Waals surface area contributed by atoms with E-state index < -0.39 is 0 Å². The first-order valence-electron chi connectivity index (χ1n) is 10.7. The number of hydrogen-bond acceptors (Lipinski definition) is 1. The monoisotopic (exact) mass is 412 g/mol. The smallest absolute Gasteiger partial charge is 0.0424 e. The van der Waals surface area contributed by atoms with Crippen molar-refractivity contribution in [2.75, 3.05) is 0 Å². The molecule has 0 amide bonds. The summed E-state index contributed by atoms with van der Waals surface area (Å²) in [4.78, 5) is 2.75. The molecule has 1 heterocycles. The molecule has 0 radical (unpaired) electrons. The summed E-state index contributed by atoms with van der Waals surface area (Å²) in [5.41, 5.74) is 7.81. The Morgan fingerprint density at radius 2 is 1.52 bits per heavy atom. The van der Waals surface area contributed by atoms with Crippen LogP contribution in [0, 0.1) is 12.1 Å². The Labute approximate surface area is 187 Å². The summed E-state index contributed by atoms with van der Waals surface area (Å²) < 4.78 is 0. The maximum atomic E-state index is 3.42. The molecule has 31 heavy (non-hydrogen) atoms. The molecule has 5 aromatic rings. The second-order valence-corrected chi connectivity index (χ2v) is 8.90. The zero-order valence-electron chi connectivity index (χ0n) is 17.1. The van der Waals surface area contributed by atoms with Gasteiger partial charge in [-0.1, -0.05) is 103 Å². The Morgan fingerprint density at radius 3 is 2.42 bits per heavy atom. The van der Waals surface area contributed by atoms with Gasteiger partial charge < -0.3 is 0 Å². The topological polar surface area (TPSA) is 0 Å². The van der Waals surface area contributed by atoms with Crippen LogP contribution in [0.15, 0.2) is 91.0 Å². The number of fused-ring (bicyclic) bond motifs is 2. The Bertz CT molecular complexity index is 1410. The Balaban J connectivity index is 1.61. The first kappa shape index (κ1) is 18.2. The highest BCUT2D eigenvalue weighted by atomic mass is 32.1. The SMILES string of the molecule is c1cc2ccccc2c(-c2ccccc2-c2sc(-c3ccccc3)c3c2CCC=C3)c#1. The highest BCUT2D eigenvalue weighted by Crippen LogP contribution is 2.47. The Hall–Kier alpha value is -3.60. The second-order valence-electron chi connectivity index (χ2n) is 7.88. The van der Waals surface area contributed by atoms with Crippen molar-refractivity contribution in [2.45, 2.75) is 12.8 Å². The molecule has 0 aliphatic heterocycles. The van der Waals surface area contributed by atoms with Crippen molar-refractivity contribution >= 4 is 28.2 Å². The van der Waals surface area contributed by atoms with E-state index in [9.17, 15) is 0 Å². The van der Waals surface area contributed by atoms with E-state index in [2.05, 4.69) is 103 Å². The molecule has 1 aromatic heterocycles. The zero-order chi connectivity index (χ0) is 20.6. The predicted octanol–water partition coefficient (Wildman–Crippen LogP) is 8.46. The fourth-order valence-corrected chi connectivity index (χ4v) is 5.95. The zero-order valence-corrected chi connectivity index (χ0v) is 17.9. The predicted molar refractivity (Wildman–Crippen MR) is 133 cm³/mol. The van der Waals surface area contributed by atoms with Crippen molar-refractivity contribution < 1.29 is 0 Å². The molecule has 0 fully saturated rings. The van der Waals surface area contributed by atoms with Crippen LogP contribution in [0.25, 0.3) is 48.9 Å². The molecule has 0 saturated carbocycles. The average Bonchev–Trinajstić information content (AvgIpc) is 3.24. The minimum Gasteiger partial charge on any atom is -0.134 e. The van der Waals surface area contributed by atoms with Gasteiger partial charge in [0.2, 0.25) is 0 Å². The summed E-state index contributed by atoms with van der Waals surface area (Å²) in [6, 6.07) is 36.8. The molecule has 1 aliphatic carbocycles. The van der Waals surface area contributed by atoms with Crippen LogP contribution in [0.1, 0.15) is 17.5 Å². The lowest BCUT2D eigenvalue weighted by atomic mass is 9.90. The average molecular weight is 413 g/mol. The molecule has 0 N–H and O–H groups in total. The van der Waals surface area contributed by atoms with Crippen molar-refractivity contribution in [2.24, 2.45) is 0 Å². The molecule has 1 heteroatoms. The normalized spacial score (nSPS) is 12.5. The van der Waals surface area contributed by atoms with Crippen molar-refractivity contribution in [3.8, 4) is 32.0 Å². The lowest BCUT2D eigenvalue weighted by molar-refractivity contribution is 0.996. The molecule has 0 bridgehead atoms. The van der Waals surface area contributed by atoms with E-state index in [-0.39, 0.29) is 0 Å². The van der Waals surface area contributed by atoms with Gasteiger partial charge in [0.05, 0.1) is 0 Å². The molecule has 6 rings (SSSR count). The molecule has 0 saturated heterocycles. The lowest BCUT2D eigenvalue weighted by Gasteiger charge is -2.13. The third-order valence-corrected chi connectivity index (χ3v) is 7.36. The maximum absolute atomic E-state index is 3.42. The Morgan fingerprint density at radius 1 is 0.742 bits per heavy atom. The van der Waals surface area contributed by atoms with E-state index in [1.807, 2.05) is 17.4 Å². The van der Waals surface area contributed by atoms with E-state index in [0.29, 0.717) is 0 Å².